The van der Waals surface area contributed by atoms with Crippen LogP contribution in [0.5, 0.6) is 11.5 Å². The van der Waals surface area contributed by atoms with Crippen molar-refractivity contribution in [1.82, 2.24) is 5.32 Å². The number of hydrogen-bond donors (Lipinski definition) is 1. The first-order valence-electron chi connectivity index (χ1n) is 7.83. The second kappa shape index (κ2) is 6.73. The number of nitrogens with one attached hydrogen (secondary N) is 1. The molecule has 1 amide bonds. The molecule has 0 saturated carbocycles. The molecular formula is C19H21NO3. The fourth-order valence-electron chi connectivity index (χ4n) is 2.55. The van der Waals surface area contributed by atoms with Gasteiger partial charge in [-0.2, -0.15) is 0 Å². The third kappa shape index (κ3) is 3.83. The van der Waals surface area contributed by atoms with Gasteiger partial charge in [0.05, 0.1) is 13.0 Å². The maximum absolute atomic E-state index is 12.1. The Kier molecular flexibility index (Phi) is 4.51. The maximum atomic E-state index is 12.1. The molecule has 1 heterocycles. The van der Waals surface area contributed by atoms with Gasteiger partial charge in [0.2, 0.25) is 5.91 Å². The average Bonchev–Trinajstić information content (AvgIpc) is 2.56. The summed E-state index contributed by atoms with van der Waals surface area (Å²) < 4.78 is 11.5. The normalized spacial score (nSPS) is 16.0. The SMILES string of the molecule is Cc1ccc(CC(=O)NC[C@@H]2COc3ccccc3O2)cc1C. The van der Waals surface area contributed by atoms with Crippen LogP contribution in [-0.4, -0.2) is 25.2 Å². The van der Waals surface area contributed by atoms with Crippen molar-refractivity contribution in [2.45, 2.75) is 26.4 Å². The average molecular weight is 311 g/mol. The lowest BCUT2D eigenvalue weighted by Gasteiger charge is -2.26. The molecule has 0 radical (unpaired) electrons. The van der Waals surface area contributed by atoms with Crippen molar-refractivity contribution in [1.29, 1.82) is 0 Å². The second-order valence-corrected chi connectivity index (χ2v) is 5.90. The summed E-state index contributed by atoms with van der Waals surface area (Å²) in [6.45, 7) is 5.01. The molecule has 23 heavy (non-hydrogen) atoms. The largest absolute Gasteiger partial charge is 0.486 e. The molecule has 3 rings (SSSR count). The molecule has 0 unspecified atom stereocenters. The smallest absolute Gasteiger partial charge is 0.224 e. The Morgan fingerprint density at radius 1 is 1.13 bits per heavy atom. The lowest BCUT2D eigenvalue weighted by molar-refractivity contribution is -0.120. The zero-order valence-electron chi connectivity index (χ0n) is 13.5. The fourth-order valence-corrected chi connectivity index (χ4v) is 2.55. The first-order valence-corrected chi connectivity index (χ1v) is 7.83. The Bertz CT molecular complexity index is 712. The molecule has 2 aromatic rings. The van der Waals surface area contributed by atoms with Crippen LogP contribution < -0.4 is 14.8 Å². The minimum Gasteiger partial charge on any atom is -0.486 e. The van der Waals surface area contributed by atoms with Gasteiger partial charge in [-0.15, -0.1) is 0 Å². The van der Waals surface area contributed by atoms with Crippen LogP contribution in [0.25, 0.3) is 0 Å². The minimum atomic E-state index is -0.159. The molecule has 120 valence electrons. The number of ether oxygens (including phenoxy) is 2. The zero-order chi connectivity index (χ0) is 16.2. The Morgan fingerprint density at radius 3 is 2.70 bits per heavy atom. The van der Waals surface area contributed by atoms with E-state index in [1.165, 1.54) is 11.1 Å². The molecule has 0 saturated heterocycles. The highest BCUT2D eigenvalue weighted by Crippen LogP contribution is 2.30. The van der Waals surface area contributed by atoms with E-state index in [1.54, 1.807) is 0 Å². The number of carbonyl (C=O) groups is 1. The Morgan fingerprint density at radius 2 is 1.91 bits per heavy atom. The number of fused-ring (bicyclic) bond motifs is 1. The fraction of sp³-hybridized carbons (Fsp3) is 0.316. The van der Waals surface area contributed by atoms with Crippen LogP contribution in [0.15, 0.2) is 42.5 Å². The number of amides is 1. The summed E-state index contributed by atoms with van der Waals surface area (Å²) in [4.78, 5) is 12.1. The van der Waals surface area contributed by atoms with Gasteiger partial charge >= 0.3 is 0 Å². The van der Waals surface area contributed by atoms with E-state index in [0.29, 0.717) is 19.6 Å². The van der Waals surface area contributed by atoms with Gasteiger partial charge in [0.25, 0.3) is 0 Å². The predicted octanol–water partition coefficient (Wildman–Crippen LogP) is 2.80. The van der Waals surface area contributed by atoms with Gasteiger partial charge in [0.15, 0.2) is 11.5 Å². The van der Waals surface area contributed by atoms with Gasteiger partial charge in [-0.1, -0.05) is 30.3 Å². The highest BCUT2D eigenvalue weighted by molar-refractivity contribution is 5.78. The number of para-hydroxylation sites is 2. The molecule has 1 atom stereocenters. The number of benzene rings is 2. The third-order valence-corrected chi connectivity index (χ3v) is 4.03. The maximum Gasteiger partial charge on any atom is 0.224 e. The first-order chi connectivity index (χ1) is 11.1. The molecular weight excluding hydrogens is 290 g/mol. The monoisotopic (exact) mass is 311 g/mol. The predicted molar refractivity (Wildman–Crippen MR) is 89.0 cm³/mol. The van der Waals surface area contributed by atoms with E-state index in [2.05, 4.69) is 25.2 Å². The van der Waals surface area contributed by atoms with Crippen molar-refractivity contribution in [2.24, 2.45) is 0 Å². The van der Waals surface area contributed by atoms with Crippen LogP contribution in [-0.2, 0) is 11.2 Å². The summed E-state index contributed by atoms with van der Waals surface area (Å²) in [6.07, 6.45) is 0.222. The van der Waals surface area contributed by atoms with Crippen molar-refractivity contribution < 1.29 is 14.3 Å². The molecule has 0 spiro atoms. The number of aryl methyl sites for hydroxylation is 2. The van der Waals surface area contributed by atoms with Gasteiger partial charge < -0.3 is 14.8 Å². The van der Waals surface area contributed by atoms with Crippen molar-refractivity contribution in [3.05, 3.63) is 59.2 Å². The quantitative estimate of drug-likeness (QED) is 0.944. The summed E-state index contributed by atoms with van der Waals surface area (Å²) in [5.41, 5.74) is 3.47. The minimum absolute atomic E-state index is 0.00397. The standard InChI is InChI=1S/C19H21NO3/c1-13-7-8-15(9-14(13)2)10-19(21)20-11-16-12-22-17-5-3-4-6-18(17)23-16/h3-9,16H,10-12H2,1-2H3,(H,20,21)/t16-/m1/s1. The van der Waals surface area contributed by atoms with Gasteiger partial charge in [-0.05, 0) is 42.7 Å². The Hall–Kier alpha value is -2.49. The molecule has 1 aliphatic rings. The van der Waals surface area contributed by atoms with Crippen LogP contribution in [0.1, 0.15) is 16.7 Å². The summed E-state index contributed by atoms with van der Waals surface area (Å²) in [7, 11) is 0. The summed E-state index contributed by atoms with van der Waals surface area (Å²) in [6, 6.07) is 13.7. The molecule has 0 aromatic heterocycles. The number of hydrogen-bond acceptors (Lipinski definition) is 3. The van der Waals surface area contributed by atoms with Crippen LogP contribution in [0.3, 0.4) is 0 Å². The van der Waals surface area contributed by atoms with Crippen LogP contribution >= 0.6 is 0 Å². The van der Waals surface area contributed by atoms with Gasteiger partial charge in [-0.25, -0.2) is 0 Å². The van der Waals surface area contributed by atoms with Crippen LogP contribution in [0.2, 0.25) is 0 Å². The third-order valence-electron chi connectivity index (χ3n) is 4.03. The van der Waals surface area contributed by atoms with E-state index in [1.807, 2.05) is 36.4 Å². The Balaban J connectivity index is 1.51. The van der Waals surface area contributed by atoms with Gasteiger partial charge in [-0.3, -0.25) is 4.79 Å². The van der Waals surface area contributed by atoms with Gasteiger partial charge in [0, 0.05) is 0 Å². The van der Waals surface area contributed by atoms with Crippen LogP contribution in [0, 0.1) is 13.8 Å². The zero-order valence-corrected chi connectivity index (χ0v) is 13.5. The van der Waals surface area contributed by atoms with Crippen molar-refractivity contribution in [3.63, 3.8) is 0 Å². The summed E-state index contributed by atoms with van der Waals surface area (Å²) in [5, 5.41) is 2.92. The molecule has 0 aliphatic carbocycles. The van der Waals surface area contributed by atoms with Gasteiger partial charge in [0.1, 0.15) is 12.7 Å². The Labute approximate surface area is 136 Å². The van der Waals surface area contributed by atoms with Crippen LogP contribution in [0.4, 0.5) is 0 Å². The van der Waals surface area contributed by atoms with Crippen molar-refractivity contribution in [2.75, 3.05) is 13.2 Å². The number of rotatable bonds is 4. The first kappa shape index (κ1) is 15.4. The summed E-state index contributed by atoms with van der Waals surface area (Å²) >= 11 is 0. The summed E-state index contributed by atoms with van der Waals surface area (Å²) in [5.74, 6) is 1.48. The highest BCUT2D eigenvalue weighted by Gasteiger charge is 2.20. The van der Waals surface area contributed by atoms with E-state index in [0.717, 1.165) is 17.1 Å². The van der Waals surface area contributed by atoms with Crippen molar-refractivity contribution >= 4 is 5.91 Å². The number of carbonyl (C=O) groups excluding carboxylic acids is 1. The molecule has 4 nitrogen and oxygen atoms in total. The lowest BCUT2D eigenvalue weighted by atomic mass is 10.0. The van der Waals surface area contributed by atoms with E-state index < -0.39 is 0 Å². The van der Waals surface area contributed by atoms with E-state index in [9.17, 15) is 4.79 Å². The second-order valence-electron chi connectivity index (χ2n) is 5.90. The highest BCUT2D eigenvalue weighted by atomic mass is 16.6. The molecule has 0 bridgehead atoms. The van der Waals surface area contributed by atoms with Crippen molar-refractivity contribution in [3.8, 4) is 11.5 Å². The van der Waals surface area contributed by atoms with E-state index >= 15 is 0 Å². The molecule has 1 aliphatic heterocycles. The van der Waals surface area contributed by atoms with E-state index in [-0.39, 0.29) is 12.0 Å². The molecule has 0 fully saturated rings. The van der Waals surface area contributed by atoms with E-state index in [4.69, 9.17) is 9.47 Å². The molecule has 1 N–H and O–H groups in total. The molecule has 4 heteroatoms. The molecule has 2 aromatic carbocycles. The lowest BCUT2D eigenvalue weighted by Crippen LogP contribution is -2.41. The topological polar surface area (TPSA) is 47.6 Å².